The molecule has 3 nitrogen and oxygen atoms in total. The predicted molar refractivity (Wildman–Crippen MR) is 62.1 cm³/mol. The Morgan fingerprint density at radius 3 is 2.00 bits per heavy atom. The lowest BCUT2D eigenvalue weighted by molar-refractivity contribution is 0.101. The minimum atomic E-state index is -3.72. The minimum absolute atomic E-state index is 0.0440. The molecule has 0 amide bonds. The average Bonchev–Trinajstić information content (AvgIpc) is 2.00. The zero-order valence-electron chi connectivity index (χ0n) is 7.58. The lowest BCUT2D eigenvalue weighted by Crippen LogP contribution is -1.89. The third-order valence-corrected chi connectivity index (χ3v) is 1.47. The molecule has 7 heteroatoms. The van der Waals surface area contributed by atoms with E-state index in [-0.39, 0.29) is 5.78 Å². The Hall–Kier alpha value is -0.290. The highest BCUT2D eigenvalue weighted by Crippen LogP contribution is 2.10. The first-order valence-corrected chi connectivity index (χ1v) is 7.12. The highest BCUT2D eigenvalue weighted by molar-refractivity contribution is 8.31. The van der Waals surface area contributed by atoms with Crippen LogP contribution in [-0.2, 0) is 8.26 Å². The van der Waals surface area contributed by atoms with Gasteiger partial charge in [-0.2, -0.15) is 8.42 Å². The fourth-order valence-corrected chi connectivity index (χ4v) is 0.898. The first-order valence-electron chi connectivity index (χ1n) is 3.61. The van der Waals surface area contributed by atoms with Crippen LogP contribution < -0.4 is 0 Å². The quantitative estimate of drug-likeness (QED) is 0.589. The van der Waals surface area contributed by atoms with Crippen LogP contribution in [0, 0.1) is 0 Å². The molecule has 0 saturated heterocycles. The van der Waals surface area contributed by atoms with Crippen molar-refractivity contribution in [2.45, 2.75) is 6.92 Å². The number of ketones is 1. The molecule has 1 aromatic rings. The van der Waals surface area contributed by atoms with Gasteiger partial charge in [0, 0.05) is 32.0 Å². The summed E-state index contributed by atoms with van der Waals surface area (Å²) < 4.78 is 18.3. The van der Waals surface area contributed by atoms with Crippen LogP contribution in [0.2, 0.25) is 5.02 Å². The topological polar surface area (TPSA) is 51.2 Å². The van der Waals surface area contributed by atoms with Crippen LogP contribution in [0.15, 0.2) is 24.3 Å². The van der Waals surface area contributed by atoms with Gasteiger partial charge in [0.15, 0.2) is 5.78 Å². The summed E-state index contributed by atoms with van der Waals surface area (Å²) in [5.41, 5.74) is 0.660. The van der Waals surface area contributed by atoms with Crippen molar-refractivity contribution in [1.29, 1.82) is 0 Å². The van der Waals surface area contributed by atoms with Gasteiger partial charge >= 0.3 is 8.26 Å². The molecule has 0 saturated carbocycles. The molecular weight excluding hydrogens is 283 g/mol. The SMILES string of the molecule is CC(=O)c1cccc(Cl)c1.O=S(=O)(Cl)Cl. The van der Waals surface area contributed by atoms with Crippen LogP contribution in [0.3, 0.4) is 0 Å². The molecule has 0 aliphatic heterocycles. The molecule has 0 aromatic heterocycles. The Morgan fingerprint density at radius 2 is 1.73 bits per heavy atom. The van der Waals surface area contributed by atoms with Crippen LogP contribution in [-0.4, -0.2) is 14.2 Å². The number of hydrogen-bond donors (Lipinski definition) is 0. The number of carbonyl (C=O) groups excluding carboxylic acids is 1. The van der Waals surface area contributed by atoms with Gasteiger partial charge in [0.25, 0.3) is 0 Å². The summed E-state index contributed by atoms with van der Waals surface area (Å²) in [6.07, 6.45) is 0. The van der Waals surface area contributed by atoms with E-state index in [0.29, 0.717) is 10.6 Å². The first-order chi connectivity index (χ1) is 6.70. The van der Waals surface area contributed by atoms with Crippen molar-refractivity contribution in [2.24, 2.45) is 0 Å². The van der Waals surface area contributed by atoms with E-state index in [9.17, 15) is 4.79 Å². The average molecular weight is 290 g/mol. The molecule has 0 radical (unpaired) electrons. The Bertz CT molecular complexity index is 434. The summed E-state index contributed by atoms with van der Waals surface area (Å²) in [6.45, 7) is 1.52. The summed E-state index contributed by atoms with van der Waals surface area (Å²) >= 11 is 5.64. The molecule has 0 aliphatic carbocycles. The van der Waals surface area contributed by atoms with Crippen molar-refractivity contribution in [3.05, 3.63) is 34.9 Å². The van der Waals surface area contributed by atoms with Gasteiger partial charge in [-0.1, -0.05) is 23.7 Å². The van der Waals surface area contributed by atoms with E-state index in [0.717, 1.165) is 0 Å². The molecule has 0 bridgehead atoms. The van der Waals surface area contributed by atoms with Crippen molar-refractivity contribution in [2.75, 3.05) is 0 Å². The molecule has 0 unspecified atom stereocenters. The molecule has 84 valence electrons. The van der Waals surface area contributed by atoms with Gasteiger partial charge in [-0.05, 0) is 19.1 Å². The van der Waals surface area contributed by atoms with Gasteiger partial charge in [-0.25, -0.2) is 0 Å². The summed E-state index contributed by atoms with van der Waals surface area (Å²) in [5.74, 6) is 0.0440. The van der Waals surface area contributed by atoms with E-state index in [1.165, 1.54) is 6.92 Å². The number of benzene rings is 1. The first kappa shape index (κ1) is 14.7. The Balaban J connectivity index is 0.000000336. The molecule has 1 rings (SSSR count). The van der Waals surface area contributed by atoms with Crippen LogP contribution in [0.1, 0.15) is 17.3 Å². The second-order valence-corrected chi connectivity index (χ2v) is 6.55. The van der Waals surface area contributed by atoms with E-state index >= 15 is 0 Å². The third kappa shape index (κ3) is 10.0. The molecule has 0 spiro atoms. The summed E-state index contributed by atoms with van der Waals surface area (Å²) in [4.78, 5) is 10.7. The monoisotopic (exact) mass is 288 g/mol. The zero-order valence-corrected chi connectivity index (χ0v) is 10.7. The lowest BCUT2D eigenvalue weighted by Gasteiger charge is -1.93. The minimum Gasteiger partial charge on any atom is -0.295 e. The predicted octanol–water partition coefficient (Wildman–Crippen LogP) is 3.25. The summed E-state index contributed by atoms with van der Waals surface area (Å²) in [7, 11) is 4.81. The second-order valence-electron chi connectivity index (χ2n) is 2.44. The number of rotatable bonds is 1. The Kier molecular flexibility index (Phi) is 6.20. The van der Waals surface area contributed by atoms with Crippen LogP contribution in [0.25, 0.3) is 0 Å². The maximum absolute atomic E-state index is 10.7. The van der Waals surface area contributed by atoms with Gasteiger partial charge in [0.1, 0.15) is 0 Å². The third-order valence-electron chi connectivity index (χ3n) is 1.23. The van der Waals surface area contributed by atoms with Gasteiger partial charge in [-0.15, -0.1) is 0 Å². The molecule has 0 heterocycles. The summed E-state index contributed by atoms with van der Waals surface area (Å²) in [6, 6.07) is 6.91. The fourth-order valence-electron chi connectivity index (χ4n) is 0.707. The molecule has 0 aliphatic rings. The maximum Gasteiger partial charge on any atom is 0.317 e. The molecule has 0 fully saturated rings. The van der Waals surface area contributed by atoms with Crippen molar-refractivity contribution in [3.8, 4) is 0 Å². The number of Topliss-reactive ketones (excluding diaryl/α,β-unsaturated/α-hetero) is 1. The normalized spacial score (nSPS) is 10.1. The maximum atomic E-state index is 10.7. The van der Waals surface area contributed by atoms with Gasteiger partial charge in [0.2, 0.25) is 0 Å². The van der Waals surface area contributed by atoms with Crippen molar-refractivity contribution in [1.82, 2.24) is 0 Å². The van der Waals surface area contributed by atoms with E-state index in [1.54, 1.807) is 24.3 Å². The molecule has 1 aromatic carbocycles. The van der Waals surface area contributed by atoms with Gasteiger partial charge in [-0.3, -0.25) is 4.79 Å². The second kappa shape index (κ2) is 6.33. The Morgan fingerprint density at radius 1 is 1.27 bits per heavy atom. The van der Waals surface area contributed by atoms with Crippen molar-refractivity contribution >= 4 is 47.0 Å². The number of hydrogen-bond acceptors (Lipinski definition) is 3. The van der Waals surface area contributed by atoms with E-state index in [1.807, 2.05) is 0 Å². The molecule has 0 atom stereocenters. The van der Waals surface area contributed by atoms with Crippen molar-refractivity contribution < 1.29 is 13.2 Å². The smallest absolute Gasteiger partial charge is 0.295 e. The zero-order chi connectivity index (χ0) is 12.1. The largest absolute Gasteiger partial charge is 0.317 e. The Labute approximate surface area is 102 Å². The van der Waals surface area contributed by atoms with Crippen LogP contribution in [0.5, 0.6) is 0 Å². The fraction of sp³-hybridized carbons (Fsp3) is 0.125. The highest BCUT2D eigenvalue weighted by Gasteiger charge is 1.96. The van der Waals surface area contributed by atoms with Gasteiger partial charge < -0.3 is 0 Å². The molecule has 15 heavy (non-hydrogen) atoms. The van der Waals surface area contributed by atoms with E-state index < -0.39 is 8.26 Å². The van der Waals surface area contributed by atoms with E-state index in [4.69, 9.17) is 20.0 Å². The molecular formula is C8H7Cl3O3S. The van der Waals surface area contributed by atoms with Crippen LogP contribution in [0.4, 0.5) is 0 Å². The standard InChI is InChI=1S/C8H7ClO.Cl2O2S/c1-6(10)7-3-2-4-8(9)5-7;1-5(2,3)4/h2-5H,1H3;. The number of halogens is 3. The van der Waals surface area contributed by atoms with Crippen molar-refractivity contribution in [3.63, 3.8) is 0 Å². The summed E-state index contributed by atoms with van der Waals surface area (Å²) in [5, 5.41) is 0.604. The number of carbonyl (C=O) groups is 1. The highest BCUT2D eigenvalue weighted by atomic mass is 36.0. The molecule has 0 N–H and O–H groups in total. The van der Waals surface area contributed by atoms with Gasteiger partial charge in [0.05, 0.1) is 0 Å². The van der Waals surface area contributed by atoms with E-state index in [2.05, 4.69) is 21.4 Å². The van der Waals surface area contributed by atoms with Crippen LogP contribution >= 0.6 is 33.0 Å². The lowest BCUT2D eigenvalue weighted by atomic mass is 10.2.